The van der Waals surface area contributed by atoms with Gasteiger partial charge in [0.05, 0.1) is 11.1 Å². The summed E-state index contributed by atoms with van der Waals surface area (Å²) in [5, 5.41) is 2.23. The van der Waals surface area contributed by atoms with Crippen LogP contribution in [0.1, 0.15) is 22.3 Å². The first-order valence-corrected chi connectivity index (χ1v) is 17.6. The lowest BCUT2D eigenvalue weighted by Gasteiger charge is -2.31. The van der Waals surface area contributed by atoms with Crippen LogP contribution in [0.4, 0.5) is 17.1 Å². The number of nitrogens with zero attached hydrogens (tertiary/aromatic N) is 1. The standard InChI is InChI=1S/C49H31NO/c1-2-13-32(14-3-1)33-25-27-34(28-26-33)50(35-29-30-47-40(31-35)38-17-7-11-24-46(38)51-47)45-23-12-22-44-48(45)39-18-6-10-21-43(39)49(44)41-19-8-4-15-36(41)37-16-5-9-20-42(37)49/h1-31H. The highest BCUT2D eigenvalue weighted by Gasteiger charge is 2.52. The summed E-state index contributed by atoms with van der Waals surface area (Å²) in [5.41, 5.74) is 17.6. The van der Waals surface area contributed by atoms with Crippen LogP contribution in [0.15, 0.2) is 192 Å². The maximum Gasteiger partial charge on any atom is 0.135 e. The van der Waals surface area contributed by atoms with Crippen molar-refractivity contribution < 1.29 is 4.42 Å². The summed E-state index contributed by atoms with van der Waals surface area (Å²) in [6.07, 6.45) is 0. The van der Waals surface area contributed by atoms with Crippen LogP contribution in [-0.4, -0.2) is 0 Å². The van der Waals surface area contributed by atoms with E-state index in [0.29, 0.717) is 0 Å². The van der Waals surface area contributed by atoms with E-state index < -0.39 is 5.41 Å². The van der Waals surface area contributed by atoms with Crippen LogP contribution in [0, 0.1) is 0 Å². The molecule has 0 atom stereocenters. The van der Waals surface area contributed by atoms with Crippen molar-refractivity contribution in [3.05, 3.63) is 210 Å². The van der Waals surface area contributed by atoms with Crippen molar-refractivity contribution in [1.29, 1.82) is 0 Å². The van der Waals surface area contributed by atoms with Crippen LogP contribution >= 0.6 is 0 Å². The van der Waals surface area contributed by atoms with Crippen molar-refractivity contribution in [3.63, 3.8) is 0 Å². The van der Waals surface area contributed by atoms with E-state index in [0.717, 1.165) is 39.0 Å². The van der Waals surface area contributed by atoms with E-state index in [1.54, 1.807) is 0 Å². The molecular formula is C49H31NO. The van der Waals surface area contributed by atoms with Crippen molar-refractivity contribution in [1.82, 2.24) is 0 Å². The molecule has 1 heterocycles. The lowest BCUT2D eigenvalue weighted by atomic mass is 9.70. The SMILES string of the molecule is c1ccc(-c2ccc(N(c3ccc4oc5ccccc5c4c3)c3cccc4c3-c3ccccc3C43c4ccccc4-c4ccccc43)cc2)cc1. The molecule has 11 rings (SSSR count). The second kappa shape index (κ2) is 10.7. The summed E-state index contributed by atoms with van der Waals surface area (Å²) in [4.78, 5) is 2.44. The second-order valence-corrected chi connectivity index (χ2v) is 13.6. The molecule has 1 aromatic heterocycles. The predicted molar refractivity (Wildman–Crippen MR) is 210 cm³/mol. The van der Waals surface area contributed by atoms with Crippen LogP contribution in [0.2, 0.25) is 0 Å². The van der Waals surface area contributed by atoms with Crippen LogP contribution < -0.4 is 4.90 Å². The van der Waals surface area contributed by atoms with Crippen LogP contribution in [0.5, 0.6) is 0 Å². The second-order valence-electron chi connectivity index (χ2n) is 13.6. The van der Waals surface area contributed by atoms with Gasteiger partial charge >= 0.3 is 0 Å². The summed E-state index contributed by atoms with van der Waals surface area (Å²) in [5.74, 6) is 0. The van der Waals surface area contributed by atoms with Crippen LogP contribution in [0.3, 0.4) is 0 Å². The number of fused-ring (bicyclic) bond motifs is 13. The van der Waals surface area contributed by atoms with Gasteiger partial charge in [0, 0.05) is 27.7 Å². The number of benzene rings is 8. The van der Waals surface area contributed by atoms with E-state index in [1.807, 2.05) is 12.1 Å². The molecule has 1 spiro atoms. The number of rotatable bonds is 4. The Morgan fingerprint density at radius 2 is 0.922 bits per heavy atom. The lowest BCUT2D eigenvalue weighted by Crippen LogP contribution is -2.26. The van der Waals surface area contributed by atoms with E-state index >= 15 is 0 Å². The summed E-state index contributed by atoms with van der Waals surface area (Å²) in [6, 6.07) is 68.5. The van der Waals surface area contributed by atoms with Gasteiger partial charge in [-0.15, -0.1) is 0 Å². The van der Waals surface area contributed by atoms with Gasteiger partial charge in [-0.25, -0.2) is 0 Å². The largest absolute Gasteiger partial charge is 0.456 e. The topological polar surface area (TPSA) is 16.4 Å². The number of hydrogen-bond acceptors (Lipinski definition) is 2. The minimum Gasteiger partial charge on any atom is -0.456 e. The molecule has 0 saturated carbocycles. The molecule has 8 aromatic carbocycles. The van der Waals surface area contributed by atoms with E-state index in [9.17, 15) is 0 Å². The molecule has 0 N–H and O–H groups in total. The van der Waals surface area contributed by atoms with E-state index in [-0.39, 0.29) is 0 Å². The van der Waals surface area contributed by atoms with Gasteiger partial charge in [0.15, 0.2) is 0 Å². The Morgan fingerprint density at radius 3 is 1.67 bits per heavy atom. The molecule has 0 aliphatic heterocycles. The van der Waals surface area contributed by atoms with Gasteiger partial charge in [0.1, 0.15) is 11.2 Å². The van der Waals surface area contributed by atoms with Gasteiger partial charge < -0.3 is 9.32 Å². The van der Waals surface area contributed by atoms with E-state index in [2.05, 4.69) is 181 Å². The van der Waals surface area contributed by atoms with Gasteiger partial charge in [-0.3, -0.25) is 0 Å². The Bertz CT molecular complexity index is 2760. The molecule has 0 radical (unpaired) electrons. The third kappa shape index (κ3) is 3.87. The van der Waals surface area contributed by atoms with Gasteiger partial charge in [0.2, 0.25) is 0 Å². The fourth-order valence-electron chi connectivity index (χ4n) is 9.02. The number of anilines is 3. The minimum absolute atomic E-state index is 0.414. The van der Waals surface area contributed by atoms with Crippen molar-refractivity contribution in [3.8, 4) is 33.4 Å². The molecule has 2 aliphatic carbocycles. The number of furan rings is 1. The van der Waals surface area contributed by atoms with Gasteiger partial charge in [0.25, 0.3) is 0 Å². The third-order valence-electron chi connectivity index (χ3n) is 11.1. The first-order chi connectivity index (χ1) is 25.3. The Morgan fingerprint density at radius 1 is 0.373 bits per heavy atom. The number of para-hydroxylation sites is 1. The smallest absolute Gasteiger partial charge is 0.135 e. The average molecular weight is 650 g/mol. The highest BCUT2D eigenvalue weighted by atomic mass is 16.3. The summed E-state index contributed by atoms with van der Waals surface area (Å²) >= 11 is 0. The molecule has 9 aromatic rings. The highest BCUT2D eigenvalue weighted by molar-refractivity contribution is 6.07. The highest BCUT2D eigenvalue weighted by Crippen LogP contribution is 2.64. The Balaban J connectivity index is 1.20. The molecule has 238 valence electrons. The normalized spacial score (nSPS) is 13.3. The molecular weight excluding hydrogens is 619 g/mol. The zero-order valence-corrected chi connectivity index (χ0v) is 27.8. The Labute approximate surface area is 296 Å². The average Bonchev–Trinajstić information content (AvgIpc) is 3.83. The van der Waals surface area contributed by atoms with Gasteiger partial charge in [-0.2, -0.15) is 0 Å². The van der Waals surface area contributed by atoms with Gasteiger partial charge in [-0.05, 0) is 92.5 Å². The molecule has 0 fully saturated rings. The van der Waals surface area contributed by atoms with Crippen LogP contribution in [-0.2, 0) is 5.41 Å². The third-order valence-corrected chi connectivity index (χ3v) is 11.1. The van der Waals surface area contributed by atoms with Crippen molar-refractivity contribution in [2.75, 3.05) is 4.90 Å². The maximum absolute atomic E-state index is 6.30. The minimum atomic E-state index is -0.414. The van der Waals surface area contributed by atoms with Crippen molar-refractivity contribution >= 4 is 39.0 Å². The quantitative estimate of drug-likeness (QED) is 0.189. The zero-order chi connectivity index (χ0) is 33.5. The number of hydrogen-bond donors (Lipinski definition) is 0. The molecule has 0 unspecified atom stereocenters. The molecule has 2 nitrogen and oxygen atoms in total. The molecule has 0 bridgehead atoms. The molecule has 51 heavy (non-hydrogen) atoms. The maximum atomic E-state index is 6.30. The zero-order valence-electron chi connectivity index (χ0n) is 27.8. The summed E-state index contributed by atoms with van der Waals surface area (Å²) < 4.78 is 6.30. The molecule has 0 saturated heterocycles. The van der Waals surface area contributed by atoms with Crippen molar-refractivity contribution in [2.45, 2.75) is 5.41 Å². The lowest BCUT2D eigenvalue weighted by molar-refractivity contribution is 0.669. The fourth-order valence-corrected chi connectivity index (χ4v) is 9.02. The first kappa shape index (κ1) is 28.2. The first-order valence-electron chi connectivity index (χ1n) is 17.6. The van der Waals surface area contributed by atoms with Gasteiger partial charge in [-0.1, -0.05) is 146 Å². The molecule has 0 amide bonds. The van der Waals surface area contributed by atoms with E-state index in [1.165, 1.54) is 55.6 Å². The predicted octanol–water partition coefficient (Wildman–Crippen LogP) is 13.1. The summed E-state index contributed by atoms with van der Waals surface area (Å²) in [6.45, 7) is 0. The summed E-state index contributed by atoms with van der Waals surface area (Å²) in [7, 11) is 0. The van der Waals surface area contributed by atoms with Crippen molar-refractivity contribution in [2.24, 2.45) is 0 Å². The Kier molecular flexibility index (Phi) is 5.91. The molecule has 2 aliphatic rings. The van der Waals surface area contributed by atoms with Crippen LogP contribution in [0.25, 0.3) is 55.3 Å². The van der Waals surface area contributed by atoms with E-state index in [4.69, 9.17) is 4.42 Å². The monoisotopic (exact) mass is 649 g/mol. The Hall–Kier alpha value is -6.64. The fraction of sp³-hybridized carbons (Fsp3) is 0.0204. The molecule has 2 heteroatoms.